The van der Waals surface area contributed by atoms with Crippen molar-refractivity contribution in [3.8, 4) is 6.07 Å². The van der Waals surface area contributed by atoms with Gasteiger partial charge in [0.1, 0.15) is 11.6 Å². The number of likely N-dealkylation sites (tertiary alicyclic amines) is 1. The van der Waals surface area contributed by atoms with Gasteiger partial charge in [0.15, 0.2) is 0 Å². The van der Waals surface area contributed by atoms with Crippen molar-refractivity contribution < 1.29 is 22.0 Å². The summed E-state index contributed by atoms with van der Waals surface area (Å²) in [5.41, 5.74) is 0.879. The molecular weight excluding hydrogens is 591 g/mol. The fourth-order valence-electron chi connectivity index (χ4n) is 7.12. The number of alkyl halides is 5. The monoisotopic (exact) mass is 632 g/mol. The van der Waals surface area contributed by atoms with E-state index < -0.39 is 35.2 Å². The van der Waals surface area contributed by atoms with E-state index in [-0.39, 0.29) is 37.2 Å². The third-order valence-electron chi connectivity index (χ3n) is 9.53. The first-order valence-electron chi connectivity index (χ1n) is 16.2. The van der Waals surface area contributed by atoms with Crippen LogP contribution in [-0.2, 0) is 19.0 Å². The van der Waals surface area contributed by atoms with Crippen LogP contribution in [0.1, 0.15) is 105 Å². The van der Waals surface area contributed by atoms with Crippen LogP contribution in [0.3, 0.4) is 0 Å². The summed E-state index contributed by atoms with van der Waals surface area (Å²) in [6.45, 7) is 3.49. The number of nitrogens with zero attached hydrogens (tertiary/aromatic N) is 5. The molecule has 2 aromatic heterocycles. The van der Waals surface area contributed by atoms with Gasteiger partial charge in [-0.2, -0.15) is 23.5 Å². The molecule has 2 atom stereocenters. The van der Waals surface area contributed by atoms with Crippen LogP contribution in [0.2, 0.25) is 0 Å². The van der Waals surface area contributed by atoms with Gasteiger partial charge in [0.25, 0.3) is 11.5 Å². The van der Waals surface area contributed by atoms with Crippen molar-refractivity contribution in [2.75, 3.05) is 26.2 Å². The maximum Gasteiger partial charge on any atom is 0.422 e. The number of nitrogens with one attached hydrogen (secondary N) is 1. The summed E-state index contributed by atoms with van der Waals surface area (Å²) in [4.78, 5) is 20.4. The van der Waals surface area contributed by atoms with E-state index in [1.165, 1.54) is 0 Å². The first-order valence-corrected chi connectivity index (χ1v) is 16.2. The number of fused-ring (bicyclic) bond motifs is 1. The van der Waals surface area contributed by atoms with E-state index in [0.29, 0.717) is 25.1 Å². The molecule has 45 heavy (non-hydrogen) atoms. The molecule has 2 fully saturated rings. The minimum absolute atomic E-state index is 0.0376. The Balaban J connectivity index is 1.28. The molecule has 0 bridgehead atoms. The number of nitriles is 1. The molecule has 3 aliphatic rings. The number of aromatic nitrogens is 3. The highest BCUT2D eigenvalue weighted by Crippen LogP contribution is 2.47. The van der Waals surface area contributed by atoms with Crippen molar-refractivity contribution >= 4 is 0 Å². The topological polar surface area (TPSA) is 88.9 Å². The van der Waals surface area contributed by atoms with Gasteiger partial charge in [-0.15, -0.1) is 0 Å². The van der Waals surface area contributed by atoms with Crippen LogP contribution >= 0.6 is 0 Å². The number of unbranched alkanes of at least 4 members (excludes halogenated alkanes) is 3. The van der Waals surface area contributed by atoms with Crippen molar-refractivity contribution in [2.45, 2.75) is 102 Å². The second kappa shape index (κ2) is 14.0. The maximum atomic E-state index is 15.8. The predicted octanol–water partition coefficient (Wildman–Crippen LogP) is 6.95. The van der Waals surface area contributed by atoms with Gasteiger partial charge in [-0.25, -0.2) is 13.9 Å². The lowest BCUT2D eigenvalue weighted by Gasteiger charge is -2.46. The summed E-state index contributed by atoms with van der Waals surface area (Å²) >= 11 is 0. The summed E-state index contributed by atoms with van der Waals surface area (Å²) in [5, 5.41) is 15.0. The molecule has 1 saturated heterocycles. The van der Waals surface area contributed by atoms with E-state index in [1.54, 1.807) is 12.3 Å². The number of halogens is 5. The molecular formula is C33H41F5N6O. The van der Waals surface area contributed by atoms with E-state index in [4.69, 9.17) is 5.26 Å². The van der Waals surface area contributed by atoms with Gasteiger partial charge in [-0.3, -0.25) is 14.7 Å². The summed E-state index contributed by atoms with van der Waals surface area (Å²) in [6.07, 6.45) is 4.70. The molecule has 0 aromatic carbocycles. The van der Waals surface area contributed by atoms with Gasteiger partial charge in [0.05, 0.1) is 23.2 Å². The molecule has 1 N–H and O–H groups in total. The fourth-order valence-corrected chi connectivity index (χ4v) is 7.12. The number of allylic oxidation sites excluding steroid dienone is 1. The van der Waals surface area contributed by atoms with Crippen LogP contribution in [0.4, 0.5) is 22.0 Å². The van der Waals surface area contributed by atoms with E-state index in [2.05, 4.69) is 21.1 Å². The van der Waals surface area contributed by atoms with Crippen molar-refractivity contribution in [3.05, 3.63) is 68.0 Å². The van der Waals surface area contributed by atoms with Crippen LogP contribution in [0.25, 0.3) is 0 Å². The van der Waals surface area contributed by atoms with E-state index in [1.807, 2.05) is 23.0 Å². The van der Waals surface area contributed by atoms with Crippen molar-refractivity contribution in [3.63, 3.8) is 0 Å². The highest BCUT2D eigenvalue weighted by Gasteiger charge is 2.51. The Labute approximate surface area is 260 Å². The second-order valence-corrected chi connectivity index (χ2v) is 12.5. The van der Waals surface area contributed by atoms with Crippen LogP contribution in [-0.4, -0.2) is 57.1 Å². The molecule has 2 unspecified atom stereocenters. The zero-order valence-electron chi connectivity index (χ0n) is 25.7. The molecule has 1 aliphatic heterocycles. The second-order valence-electron chi connectivity index (χ2n) is 12.5. The lowest BCUT2D eigenvalue weighted by atomic mass is 9.80. The first-order chi connectivity index (χ1) is 21.5. The van der Waals surface area contributed by atoms with Crippen LogP contribution in [0, 0.1) is 17.2 Å². The lowest BCUT2D eigenvalue weighted by Crippen LogP contribution is -2.51. The van der Waals surface area contributed by atoms with Gasteiger partial charge in [0, 0.05) is 50.2 Å². The minimum Gasteiger partial charge on any atom is -0.374 e. The molecule has 0 amide bonds. The standard InChI is InChI=1S/C33H41F5N6O/c1-2-16-43(17-6-4-3-5-10-24-12-11-22(19-39)20-40-24)30(23-8-7-9-23)26-21-44(18-15-32(26,34)35)27-14-13-25-28(33(36,37)38)31(45)42-41-29(25)27/h11-12,20,26-27H,2-10,13-18,21H2,1H3,(H,42,45). The number of H-pyrrole nitrogens is 1. The average molecular weight is 633 g/mol. The van der Waals surface area contributed by atoms with Crippen LogP contribution in [0.5, 0.6) is 0 Å². The Kier molecular flexibility index (Phi) is 10.3. The van der Waals surface area contributed by atoms with E-state index in [0.717, 1.165) is 74.8 Å². The SMILES string of the molecule is CCCN(CCCCCCc1ccc(C#N)cn1)C(=C1CCC1)C1CN(C2CCc3c2n[nH]c(=O)c3C(F)(F)F)CCC1(F)F. The summed E-state index contributed by atoms with van der Waals surface area (Å²) in [6, 6.07) is 5.17. The molecule has 0 spiro atoms. The van der Waals surface area contributed by atoms with Gasteiger partial charge in [0.2, 0.25) is 0 Å². The molecule has 2 aliphatic carbocycles. The number of hydrogen-bond acceptors (Lipinski definition) is 6. The summed E-state index contributed by atoms with van der Waals surface area (Å²) in [5.74, 6) is -3.99. The van der Waals surface area contributed by atoms with Crippen molar-refractivity contribution in [1.82, 2.24) is 25.0 Å². The molecule has 1 saturated carbocycles. The van der Waals surface area contributed by atoms with Crippen LogP contribution in [0.15, 0.2) is 34.4 Å². The number of pyridine rings is 1. The van der Waals surface area contributed by atoms with Crippen molar-refractivity contribution in [1.29, 1.82) is 5.26 Å². The van der Waals surface area contributed by atoms with Crippen LogP contribution < -0.4 is 5.56 Å². The fraction of sp³-hybridized carbons (Fsp3) is 0.636. The number of rotatable bonds is 12. The zero-order chi connectivity index (χ0) is 32.2. The Morgan fingerprint density at radius 1 is 1.16 bits per heavy atom. The first kappa shape index (κ1) is 33.0. The molecule has 3 heterocycles. The Hall–Kier alpha value is -3.33. The Morgan fingerprint density at radius 2 is 1.93 bits per heavy atom. The normalized spacial score (nSPS) is 21.2. The molecule has 7 nitrogen and oxygen atoms in total. The smallest absolute Gasteiger partial charge is 0.374 e. The lowest BCUT2D eigenvalue weighted by molar-refractivity contribution is -0.139. The highest BCUT2D eigenvalue weighted by atomic mass is 19.4. The third kappa shape index (κ3) is 7.40. The average Bonchev–Trinajstić information content (AvgIpc) is 3.39. The Morgan fingerprint density at radius 3 is 2.58 bits per heavy atom. The molecule has 5 rings (SSSR count). The number of piperidine rings is 1. The zero-order valence-corrected chi connectivity index (χ0v) is 25.7. The summed E-state index contributed by atoms with van der Waals surface area (Å²) < 4.78 is 72.9. The molecule has 12 heteroatoms. The molecule has 244 valence electrons. The molecule has 2 aromatic rings. The number of aromatic amines is 1. The third-order valence-corrected chi connectivity index (χ3v) is 9.53. The van der Waals surface area contributed by atoms with Gasteiger partial charge in [-0.05, 0) is 75.5 Å². The summed E-state index contributed by atoms with van der Waals surface area (Å²) in [7, 11) is 0. The largest absolute Gasteiger partial charge is 0.422 e. The highest BCUT2D eigenvalue weighted by molar-refractivity contribution is 5.36. The van der Waals surface area contributed by atoms with E-state index in [9.17, 15) is 18.0 Å². The quantitative estimate of drug-likeness (QED) is 0.201. The van der Waals surface area contributed by atoms with Crippen molar-refractivity contribution in [2.24, 2.45) is 5.92 Å². The molecule has 0 radical (unpaired) electrons. The van der Waals surface area contributed by atoms with Gasteiger partial charge < -0.3 is 4.90 Å². The van der Waals surface area contributed by atoms with E-state index >= 15 is 8.78 Å². The van der Waals surface area contributed by atoms with Gasteiger partial charge >= 0.3 is 6.18 Å². The number of hydrogen-bond donors (Lipinski definition) is 1. The predicted molar refractivity (Wildman–Crippen MR) is 159 cm³/mol. The minimum atomic E-state index is -4.81. The number of aryl methyl sites for hydroxylation is 1. The maximum absolute atomic E-state index is 15.8. The Bertz CT molecular complexity index is 1460. The van der Waals surface area contributed by atoms with Gasteiger partial charge in [-0.1, -0.05) is 25.3 Å².